The van der Waals surface area contributed by atoms with Crippen LogP contribution in [0.15, 0.2) is 30.3 Å². The zero-order valence-electron chi connectivity index (χ0n) is 8.81. The van der Waals surface area contributed by atoms with Crippen molar-refractivity contribution in [1.82, 2.24) is 0 Å². The second kappa shape index (κ2) is 5.78. The third-order valence-electron chi connectivity index (χ3n) is 2.65. The van der Waals surface area contributed by atoms with E-state index in [1.807, 2.05) is 25.1 Å². The zero-order chi connectivity index (χ0) is 10.4. The number of hydrogen-bond donors (Lipinski definition) is 1. The highest BCUT2D eigenvalue weighted by molar-refractivity contribution is 5.20. The van der Waals surface area contributed by atoms with E-state index in [0.717, 1.165) is 12.8 Å². The van der Waals surface area contributed by atoms with E-state index in [-0.39, 0.29) is 12.0 Å². The van der Waals surface area contributed by atoms with Gasteiger partial charge >= 0.3 is 0 Å². The quantitative estimate of drug-likeness (QED) is 0.574. The van der Waals surface area contributed by atoms with E-state index in [4.69, 9.17) is 5.26 Å². The Morgan fingerprint density at radius 3 is 2.21 bits per heavy atom. The summed E-state index contributed by atoms with van der Waals surface area (Å²) in [5.74, 6) is 0.284. The summed E-state index contributed by atoms with van der Waals surface area (Å²) in [7, 11) is 0. The van der Waals surface area contributed by atoms with Crippen molar-refractivity contribution in [1.29, 1.82) is 0 Å². The Kier molecular flexibility index (Phi) is 4.63. The highest BCUT2D eigenvalue weighted by Crippen LogP contribution is 2.26. The summed E-state index contributed by atoms with van der Waals surface area (Å²) in [6, 6.07) is 10.2. The molecule has 1 N–H and O–H groups in total. The first kappa shape index (κ1) is 11.2. The minimum Gasteiger partial charge on any atom is -0.252 e. The predicted molar refractivity (Wildman–Crippen MR) is 57.3 cm³/mol. The van der Waals surface area contributed by atoms with Crippen LogP contribution in [0, 0.1) is 0 Å². The van der Waals surface area contributed by atoms with Gasteiger partial charge in [0.1, 0.15) is 0 Å². The normalized spacial score (nSPS) is 15.1. The number of benzene rings is 1. The Labute approximate surface area is 85.5 Å². The average molecular weight is 194 g/mol. The van der Waals surface area contributed by atoms with Crippen molar-refractivity contribution in [2.75, 3.05) is 0 Å². The molecule has 1 aromatic carbocycles. The Bertz CT molecular complexity index is 242. The molecule has 1 rings (SSSR count). The minimum atomic E-state index is -0.0950. The molecule has 2 unspecified atom stereocenters. The van der Waals surface area contributed by atoms with E-state index >= 15 is 0 Å². The van der Waals surface area contributed by atoms with Crippen molar-refractivity contribution < 1.29 is 10.1 Å². The van der Waals surface area contributed by atoms with Gasteiger partial charge in [-0.05, 0) is 18.4 Å². The highest BCUT2D eigenvalue weighted by Gasteiger charge is 2.20. The summed E-state index contributed by atoms with van der Waals surface area (Å²) in [5.41, 5.74) is 1.23. The van der Waals surface area contributed by atoms with Gasteiger partial charge < -0.3 is 0 Å². The van der Waals surface area contributed by atoms with Crippen LogP contribution in [0.2, 0.25) is 0 Å². The lowest BCUT2D eigenvalue weighted by atomic mass is 9.90. The van der Waals surface area contributed by atoms with Crippen molar-refractivity contribution in [3.8, 4) is 0 Å². The van der Waals surface area contributed by atoms with Gasteiger partial charge in [-0.2, -0.15) is 0 Å². The topological polar surface area (TPSA) is 29.5 Å². The Morgan fingerprint density at radius 1 is 1.14 bits per heavy atom. The third-order valence-corrected chi connectivity index (χ3v) is 2.65. The van der Waals surface area contributed by atoms with Gasteiger partial charge in [0.15, 0.2) is 0 Å². The lowest BCUT2D eigenvalue weighted by Gasteiger charge is -2.22. The first-order valence-electron chi connectivity index (χ1n) is 5.18. The summed E-state index contributed by atoms with van der Waals surface area (Å²) in [4.78, 5) is 4.51. The van der Waals surface area contributed by atoms with Gasteiger partial charge in [0.2, 0.25) is 0 Å². The molecule has 0 bridgehead atoms. The standard InChI is InChI=1S/C12H18O2/c1-3-11(12(4-2)14-13)10-8-6-5-7-9-10/h5-9,11-13H,3-4H2,1-2H3. The Morgan fingerprint density at radius 2 is 1.79 bits per heavy atom. The molecule has 0 amide bonds. The van der Waals surface area contributed by atoms with Gasteiger partial charge in [-0.25, -0.2) is 4.89 Å². The van der Waals surface area contributed by atoms with Crippen LogP contribution in [-0.4, -0.2) is 11.4 Å². The number of hydrogen-bond acceptors (Lipinski definition) is 2. The van der Waals surface area contributed by atoms with Crippen molar-refractivity contribution in [3.63, 3.8) is 0 Å². The predicted octanol–water partition coefficient (Wildman–Crippen LogP) is 3.45. The summed E-state index contributed by atoms with van der Waals surface area (Å²) >= 11 is 0. The maximum Gasteiger partial charge on any atom is 0.0992 e. The molecule has 0 aliphatic heterocycles. The van der Waals surface area contributed by atoms with Crippen LogP contribution in [0.3, 0.4) is 0 Å². The minimum absolute atomic E-state index is 0.0950. The molecule has 0 radical (unpaired) electrons. The van der Waals surface area contributed by atoms with Gasteiger partial charge in [-0.15, -0.1) is 0 Å². The summed E-state index contributed by atoms with van der Waals surface area (Å²) in [6.07, 6.45) is 1.70. The second-order valence-electron chi connectivity index (χ2n) is 3.48. The average Bonchev–Trinajstić information content (AvgIpc) is 2.27. The largest absolute Gasteiger partial charge is 0.252 e. The first-order valence-corrected chi connectivity index (χ1v) is 5.18. The maximum absolute atomic E-state index is 8.79. The number of rotatable bonds is 5. The fraction of sp³-hybridized carbons (Fsp3) is 0.500. The molecule has 78 valence electrons. The van der Waals surface area contributed by atoms with E-state index < -0.39 is 0 Å². The van der Waals surface area contributed by atoms with Crippen molar-refractivity contribution >= 4 is 0 Å². The molecule has 0 aliphatic rings. The van der Waals surface area contributed by atoms with E-state index in [2.05, 4.69) is 23.9 Å². The third kappa shape index (κ3) is 2.56. The van der Waals surface area contributed by atoms with Crippen molar-refractivity contribution in [2.45, 2.75) is 38.7 Å². The van der Waals surface area contributed by atoms with Crippen LogP contribution >= 0.6 is 0 Å². The van der Waals surface area contributed by atoms with Gasteiger partial charge in [-0.3, -0.25) is 5.26 Å². The second-order valence-corrected chi connectivity index (χ2v) is 3.48. The van der Waals surface area contributed by atoms with E-state index in [9.17, 15) is 0 Å². The van der Waals surface area contributed by atoms with Crippen molar-refractivity contribution in [3.05, 3.63) is 35.9 Å². The molecular weight excluding hydrogens is 176 g/mol. The monoisotopic (exact) mass is 194 g/mol. The van der Waals surface area contributed by atoms with Gasteiger partial charge in [-0.1, -0.05) is 44.2 Å². The van der Waals surface area contributed by atoms with E-state index in [0.29, 0.717) is 0 Å². The molecule has 0 spiro atoms. The summed E-state index contributed by atoms with van der Waals surface area (Å²) < 4.78 is 0. The van der Waals surface area contributed by atoms with Crippen LogP contribution in [0.1, 0.15) is 38.2 Å². The van der Waals surface area contributed by atoms with Gasteiger partial charge in [0.05, 0.1) is 6.10 Å². The fourth-order valence-electron chi connectivity index (χ4n) is 1.85. The molecular formula is C12H18O2. The first-order chi connectivity index (χ1) is 6.83. The highest BCUT2D eigenvalue weighted by atomic mass is 17.1. The summed E-state index contributed by atoms with van der Waals surface area (Å²) in [6.45, 7) is 4.13. The SMILES string of the molecule is CCC(OO)C(CC)c1ccccc1. The van der Waals surface area contributed by atoms with Crippen LogP contribution in [0.25, 0.3) is 0 Å². The van der Waals surface area contributed by atoms with Crippen LogP contribution in [0.4, 0.5) is 0 Å². The van der Waals surface area contributed by atoms with Crippen LogP contribution in [0.5, 0.6) is 0 Å². The van der Waals surface area contributed by atoms with E-state index in [1.54, 1.807) is 0 Å². The molecule has 1 aromatic rings. The van der Waals surface area contributed by atoms with Crippen LogP contribution in [-0.2, 0) is 4.89 Å². The molecule has 2 atom stereocenters. The maximum atomic E-state index is 8.79. The Hall–Kier alpha value is -0.860. The molecule has 0 heterocycles. The van der Waals surface area contributed by atoms with Crippen molar-refractivity contribution in [2.24, 2.45) is 0 Å². The molecule has 2 heteroatoms. The lowest BCUT2D eigenvalue weighted by Crippen LogP contribution is -2.19. The van der Waals surface area contributed by atoms with E-state index in [1.165, 1.54) is 5.56 Å². The summed E-state index contributed by atoms with van der Waals surface area (Å²) in [5, 5.41) is 8.79. The molecule has 0 saturated heterocycles. The Balaban J connectivity index is 2.81. The van der Waals surface area contributed by atoms with Gasteiger partial charge in [0, 0.05) is 5.92 Å². The van der Waals surface area contributed by atoms with Gasteiger partial charge in [0.25, 0.3) is 0 Å². The molecule has 2 nitrogen and oxygen atoms in total. The molecule has 0 aliphatic carbocycles. The molecule has 0 saturated carbocycles. The zero-order valence-corrected chi connectivity index (χ0v) is 8.81. The fourth-order valence-corrected chi connectivity index (χ4v) is 1.85. The lowest BCUT2D eigenvalue weighted by molar-refractivity contribution is -0.284. The molecule has 0 aromatic heterocycles. The molecule has 0 fully saturated rings. The van der Waals surface area contributed by atoms with Crippen LogP contribution < -0.4 is 0 Å². The smallest absolute Gasteiger partial charge is 0.0992 e. The molecule has 14 heavy (non-hydrogen) atoms.